The van der Waals surface area contributed by atoms with Gasteiger partial charge in [-0.3, -0.25) is 0 Å². The van der Waals surface area contributed by atoms with Crippen molar-refractivity contribution >= 4 is 20.8 Å². The molecule has 3 aromatic rings. The number of hydrogen-bond donors (Lipinski definition) is 1. The van der Waals surface area contributed by atoms with Crippen LogP contribution in [0.5, 0.6) is 0 Å². The molecule has 0 aliphatic carbocycles. The van der Waals surface area contributed by atoms with Gasteiger partial charge in [-0.05, 0) is 49.4 Å². The second kappa shape index (κ2) is 5.48. The van der Waals surface area contributed by atoms with E-state index >= 15 is 0 Å². The van der Waals surface area contributed by atoms with Gasteiger partial charge in [0.15, 0.2) is 0 Å². The van der Waals surface area contributed by atoms with Gasteiger partial charge in [-0.1, -0.05) is 0 Å². The van der Waals surface area contributed by atoms with Gasteiger partial charge in [0.25, 0.3) is 0 Å². The Morgan fingerprint density at radius 1 is 1.08 bits per heavy atom. The van der Waals surface area contributed by atoms with Crippen LogP contribution in [-0.2, 0) is 22.8 Å². The summed E-state index contributed by atoms with van der Waals surface area (Å²) in [5, 5.41) is 13.1. The van der Waals surface area contributed by atoms with Crippen molar-refractivity contribution < 1.29 is 12.8 Å². The van der Waals surface area contributed by atoms with Gasteiger partial charge in [-0.25, -0.2) is 8.42 Å². The van der Waals surface area contributed by atoms with Crippen LogP contribution in [0.3, 0.4) is 0 Å². The van der Waals surface area contributed by atoms with E-state index in [0.29, 0.717) is 17.7 Å². The van der Waals surface area contributed by atoms with E-state index in [1.54, 1.807) is 12.1 Å². The standard InChI is InChI=1S/C18H14N2O3S/c19-10-12-1-3-13(4-2-12)24(21,22)14-5-6-15-16-7-8-20-11-18(16)23-17(15)9-14/h1-6,9,20H,7-8,11H2. The molecular weight excluding hydrogens is 324 g/mol. The number of rotatable bonds is 2. The van der Waals surface area contributed by atoms with Crippen molar-refractivity contribution in [1.29, 1.82) is 5.26 Å². The van der Waals surface area contributed by atoms with Crippen molar-refractivity contribution in [3.63, 3.8) is 0 Å². The van der Waals surface area contributed by atoms with Gasteiger partial charge in [-0.15, -0.1) is 0 Å². The highest BCUT2D eigenvalue weighted by atomic mass is 32.2. The summed E-state index contributed by atoms with van der Waals surface area (Å²) in [4.78, 5) is 0.359. The summed E-state index contributed by atoms with van der Waals surface area (Å²) in [6.45, 7) is 1.56. The van der Waals surface area contributed by atoms with Crippen LogP contribution in [0.25, 0.3) is 11.0 Å². The zero-order chi connectivity index (χ0) is 16.7. The fourth-order valence-electron chi connectivity index (χ4n) is 3.02. The molecular formula is C18H14N2O3S. The Morgan fingerprint density at radius 2 is 1.83 bits per heavy atom. The Hall–Kier alpha value is -2.62. The SMILES string of the molecule is N#Cc1ccc(S(=O)(=O)c2ccc3c4c(oc3c2)CNCC4)cc1. The molecule has 5 nitrogen and oxygen atoms in total. The van der Waals surface area contributed by atoms with Crippen molar-refractivity contribution in [2.24, 2.45) is 0 Å². The molecule has 0 saturated heterocycles. The lowest BCUT2D eigenvalue weighted by Gasteiger charge is -2.10. The van der Waals surface area contributed by atoms with E-state index in [1.165, 1.54) is 24.3 Å². The zero-order valence-corrected chi connectivity index (χ0v) is 13.6. The smallest absolute Gasteiger partial charge is 0.206 e. The number of sulfone groups is 1. The van der Waals surface area contributed by atoms with E-state index in [1.807, 2.05) is 12.1 Å². The molecule has 0 spiro atoms. The molecule has 120 valence electrons. The Balaban J connectivity index is 1.81. The Labute approximate surface area is 139 Å². The van der Waals surface area contributed by atoms with E-state index in [9.17, 15) is 8.42 Å². The van der Waals surface area contributed by atoms with Crippen LogP contribution < -0.4 is 5.32 Å². The summed E-state index contributed by atoms with van der Waals surface area (Å²) < 4.78 is 31.4. The van der Waals surface area contributed by atoms with Gasteiger partial charge in [0.1, 0.15) is 11.3 Å². The Bertz CT molecular complexity index is 1070. The maximum absolute atomic E-state index is 12.8. The lowest BCUT2D eigenvalue weighted by molar-refractivity contribution is 0.487. The first kappa shape index (κ1) is 14.9. The average Bonchev–Trinajstić information content (AvgIpc) is 2.99. The molecule has 4 rings (SSSR count). The molecule has 0 unspecified atom stereocenters. The molecule has 0 amide bonds. The van der Waals surface area contributed by atoms with Crippen LogP contribution in [0.2, 0.25) is 0 Å². The summed E-state index contributed by atoms with van der Waals surface area (Å²) in [5.41, 5.74) is 2.18. The fourth-order valence-corrected chi connectivity index (χ4v) is 4.30. The minimum Gasteiger partial charge on any atom is -0.459 e. The lowest BCUT2D eigenvalue weighted by atomic mass is 10.1. The molecule has 1 aromatic heterocycles. The molecule has 24 heavy (non-hydrogen) atoms. The summed E-state index contributed by atoms with van der Waals surface area (Å²) >= 11 is 0. The lowest BCUT2D eigenvalue weighted by Crippen LogP contribution is -2.22. The molecule has 6 heteroatoms. The van der Waals surface area contributed by atoms with Crippen LogP contribution in [0.1, 0.15) is 16.9 Å². The second-order valence-corrected chi connectivity index (χ2v) is 7.68. The van der Waals surface area contributed by atoms with Crippen molar-refractivity contribution in [1.82, 2.24) is 5.32 Å². The van der Waals surface area contributed by atoms with E-state index in [4.69, 9.17) is 9.68 Å². The summed E-state index contributed by atoms with van der Waals surface area (Å²) in [6, 6.07) is 12.9. The first-order chi connectivity index (χ1) is 11.6. The highest BCUT2D eigenvalue weighted by Crippen LogP contribution is 2.31. The van der Waals surface area contributed by atoms with Gasteiger partial charge in [0.05, 0.1) is 28.0 Å². The van der Waals surface area contributed by atoms with Crippen LogP contribution in [0, 0.1) is 11.3 Å². The number of nitrogens with zero attached hydrogens (tertiary/aromatic N) is 1. The minimum atomic E-state index is -3.64. The number of furan rings is 1. The van der Waals surface area contributed by atoms with Gasteiger partial charge < -0.3 is 9.73 Å². The third-order valence-electron chi connectivity index (χ3n) is 4.29. The molecule has 0 radical (unpaired) electrons. The molecule has 0 atom stereocenters. The molecule has 0 bridgehead atoms. The van der Waals surface area contributed by atoms with Gasteiger partial charge in [0.2, 0.25) is 9.84 Å². The highest BCUT2D eigenvalue weighted by Gasteiger charge is 2.22. The summed E-state index contributed by atoms with van der Waals surface area (Å²) in [5.74, 6) is 0.879. The van der Waals surface area contributed by atoms with E-state index in [2.05, 4.69) is 5.32 Å². The summed E-state index contributed by atoms with van der Waals surface area (Å²) in [7, 11) is -3.64. The van der Waals surface area contributed by atoms with E-state index < -0.39 is 9.84 Å². The molecule has 2 aromatic carbocycles. The van der Waals surface area contributed by atoms with Crippen LogP contribution in [0.4, 0.5) is 0 Å². The predicted octanol–water partition coefficient (Wildman–Crippen LogP) is 2.78. The highest BCUT2D eigenvalue weighted by molar-refractivity contribution is 7.91. The second-order valence-electron chi connectivity index (χ2n) is 5.73. The third-order valence-corrected chi connectivity index (χ3v) is 6.06. The molecule has 0 saturated carbocycles. The van der Waals surface area contributed by atoms with E-state index in [0.717, 1.165) is 29.7 Å². The van der Waals surface area contributed by atoms with Crippen molar-refractivity contribution in [3.05, 3.63) is 59.4 Å². The first-order valence-electron chi connectivity index (χ1n) is 7.60. The van der Waals surface area contributed by atoms with Crippen LogP contribution >= 0.6 is 0 Å². The molecule has 1 aliphatic rings. The molecule has 1 N–H and O–H groups in total. The normalized spacial score (nSPS) is 14.3. The average molecular weight is 338 g/mol. The zero-order valence-electron chi connectivity index (χ0n) is 12.7. The van der Waals surface area contributed by atoms with Gasteiger partial charge >= 0.3 is 0 Å². The maximum atomic E-state index is 12.8. The maximum Gasteiger partial charge on any atom is 0.206 e. The Morgan fingerprint density at radius 3 is 2.58 bits per heavy atom. The topological polar surface area (TPSA) is 83.1 Å². The van der Waals surface area contributed by atoms with Crippen molar-refractivity contribution in [2.75, 3.05) is 6.54 Å². The monoisotopic (exact) mass is 338 g/mol. The quantitative estimate of drug-likeness (QED) is 0.777. The number of nitriles is 1. The van der Waals surface area contributed by atoms with Crippen molar-refractivity contribution in [3.8, 4) is 6.07 Å². The summed E-state index contributed by atoms with van der Waals surface area (Å²) in [6.07, 6.45) is 0.879. The Kier molecular flexibility index (Phi) is 3.41. The molecule has 0 fully saturated rings. The number of nitrogens with one attached hydrogen (secondary N) is 1. The minimum absolute atomic E-state index is 0.166. The third kappa shape index (κ3) is 2.30. The largest absolute Gasteiger partial charge is 0.459 e. The van der Waals surface area contributed by atoms with Crippen LogP contribution in [0.15, 0.2) is 56.7 Å². The van der Waals surface area contributed by atoms with E-state index in [-0.39, 0.29) is 9.79 Å². The number of hydrogen-bond acceptors (Lipinski definition) is 5. The van der Waals surface area contributed by atoms with Gasteiger partial charge in [-0.2, -0.15) is 5.26 Å². The number of benzene rings is 2. The fraction of sp³-hybridized carbons (Fsp3) is 0.167. The molecule has 1 aliphatic heterocycles. The van der Waals surface area contributed by atoms with Crippen LogP contribution in [-0.4, -0.2) is 15.0 Å². The van der Waals surface area contributed by atoms with Crippen molar-refractivity contribution in [2.45, 2.75) is 22.8 Å². The van der Waals surface area contributed by atoms with Gasteiger partial charge in [0, 0.05) is 17.0 Å². The molecule has 2 heterocycles. The number of fused-ring (bicyclic) bond motifs is 3. The predicted molar refractivity (Wildman–Crippen MR) is 88.2 cm³/mol. The first-order valence-corrected chi connectivity index (χ1v) is 9.08.